The van der Waals surface area contributed by atoms with Gasteiger partial charge in [-0.05, 0) is 67.9 Å². The molecule has 3 nitrogen and oxygen atoms in total. The highest BCUT2D eigenvalue weighted by atomic mass is 79.9. The Balaban J connectivity index is 1.51. The molecular formula is C25H29BrN2O. The first-order valence-corrected chi connectivity index (χ1v) is 11.0. The van der Waals surface area contributed by atoms with Gasteiger partial charge in [-0.1, -0.05) is 47.0 Å². The van der Waals surface area contributed by atoms with Gasteiger partial charge in [0.2, 0.25) is 0 Å². The summed E-state index contributed by atoms with van der Waals surface area (Å²) >= 11 is 3.50. The minimum atomic E-state index is 0.750. The van der Waals surface area contributed by atoms with E-state index in [1.165, 1.54) is 30.4 Å². The number of fused-ring (bicyclic) bond motifs is 1. The predicted octanol–water partition coefficient (Wildman–Crippen LogP) is 6.72. The Labute approximate surface area is 182 Å². The molecule has 0 saturated heterocycles. The Morgan fingerprint density at radius 3 is 2.62 bits per heavy atom. The van der Waals surface area contributed by atoms with Crippen molar-refractivity contribution in [1.82, 2.24) is 9.88 Å². The van der Waals surface area contributed by atoms with Crippen LogP contribution in [0.1, 0.15) is 25.7 Å². The van der Waals surface area contributed by atoms with Crippen LogP contribution in [-0.2, 0) is 0 Å². The number of ether oxygens (including phenoxy) is 1. The van der Waals surface area contributed by atoms with Gasteiger partial charge < -0.3 is 9.64 Å². The lowest BCUT2D eigenvalue weighted by atomic mass is 10.0. The number of rotatable bonds is 11. The van der Waals surface area contributed by atoms with Gasteiger partial charge in [0, 0.05) is 28.7 Å². The molecule has 0 bridgehead atoms. The fraction of sp³-hybridized carbons (Fsp3) is 0.320. The number of hydrogen-bond donors (Lipinski definition) is 0. The zero-order valence-electron chi connectivity index (χ0n) is 17.1. The van der Waals surface area contributed by atoms with Gasteiger partial charge in [-0.3, -0.25) is 4.98 Å². The van der Waals surface area contributed by atoms with Gasteiger partial charge in [-0.15, -0.1) is 6.58 Å². The van der Waals surface area contributed by atoms with Crippen LogP contribution in [0.25, 0.3) is 22.0 Å². The van der Waals surface area contributed by atoms with E-state index < -0.39 is 0 Å². The molecule has 0 atom stereocenters. The zero-order chi connectivity index (χ0) is 20.5. The highest BCUT2D eigenvalue weighted by Gasteiger charge is 2.06. The highest BCUT2D eigenvalue weighted by molar-refractivity contribution is 9.10. The van der Waals surface area contributed by atoms with E-state index in [9.17, 15) is 0 Å². The van der Waals surface area contributed by atoms with E-state index in [2.05, 4.69) is 81.9 Å². The summed E-state index contributed by atoms with van der Waals surface area (Å²) in [6, 6.07) is 16.7. The Hall–Kier alpha value is -2.17. The summed E-state index contributed by atoms with van der Waals surface area (Å²) < 4.78 is 7.05. The number of hydrogen-bond acceptors (Lipinski definition) is 3. The standard InChI is InChI=1S/C25H29BrN2O/c1-3-16-28(2)17-6-4-5-7-18-29-22-12-13-24-23(14-15-27-25(24)19-22)20-8-10-21(26)11-9-20/h3,8-15,19H,1,4-7,16-18H2,2H3. The first-order valence-electron chi connectivity index (χ1n) is 10.2. The summed E-state index contributed by atoms with van der Waals surface area (Å²) in [5.41, 5.74) is 3.34. The highest BCUT2D eigenvalue weighted by Crippen LogP contribution is 2.30. The van der Waals surface area contributed by atoms with Crippen molar-refractivity contribution in [2.45, 2.75) is 25.7 Å². The molecule has 0 aliphatic heterocycles. The number of unbranched alkanes of at least 4 members (excludes halogenated alkanes) is 3. The van der Waals surface area contributed by atoms with E-state index in [-0.39, 0.29) is 0 Å². The minimum Gasteiger partial charge on any atom is -0.494 e. The SMILES string of the molecule is C=CCN(C)CCCCCCOc1ccc2c(-c3ccc(Br)cc3)ccnc2c1. The lowest BCUT2D eigenvalue weighted by molar-refractivity contribution is 0.300. The van der Waals surface area contributed by atoms with Crippen molar-refractivity contribution in [3.8, 4) is 16.9 Å². The summed E-state index contributed by atoms with van der Waals surface area (Å²) in [7, 11) is 2.14. The van der Waals surface area contributed by atoms with Crippen molar-refractivity contribution in [3.63, 3.8) is 0 Å². The molecule has 0 amide bonds. The quantitative estimate of drug-likeness (QED) is 0.238. The van der Waals surface area contributed by atoms with Gasteiger partial charge in [0.05, 0.1) is 12.1 Å². The third kappa shape index (κ3) is 6.41. The second-order valence-electron chi connectivity index (χ2n) is 7.36. The summed E-state index contributed by atoms with van der Waals surface area (Å²) in [5.74, 6) is 0.892. The first kappa shape index (κ1) is 21.5. The maximum absolute atomic E-state index is 5.97. The average molecular weight is 453 g/mol. The Bertz CT molecular complexity index is 924. The van der Waals surface area contributed by atoms with Crippen LogP contribution in [0.2, 0.25) is 0 Å². The molecule has 0 saturated carbocycles. The summed E-state index contributed by atoms with van der Waals surface area (Å²) in [6.07, 6.45) is 8.56. The predicted molar refractivity (Wildman–Crippen MR) is 127 cm³/mol. The molecule has 0 unspecified atom stereocenters. The van der Waals surface area contributed by atoms with E-state index in [1.54, 1.807) is 0 Å². The van der Waals surface area contributed by atoms with Gasteiger partial charge in [-0.2, -0.15) is 0 Å². The van der Waals surface area contributed by atoms with Gasteiger partial charge in [-0.25, -0.2) is 0 Å². The van der Waals surface area contributed by atoms with Crippen molar-refractivity contribution in [2.75, 3.05) is 26.7 Å². The monoisotopic (exact) mass is 452 g/mol. The molecule has 152 valence electrons. The van der Waals surface area contributed by atoms with Gasteiger partial charge >= 0.3 is 0 Å². The van der Waals surface area contributed by atoms with E-state index in [0.29, 0.717) is 0 Å². The van der Waals surface area contributed by atoms with E-state index in [1.807, 2.05) is 18.3 Å². The van der Waals surface area contributed by atoms with E-state index in [4.69, 9.17) is 4.74 Å². The molecule has 0 N–H and O–H groups in total. The van der Waals surface area contributed by atoms with Gasteiger partial charge in [0.15, 0.2) is 0 Å². The molecule has 4 heteroatoms. The molecule has 2 aromatic carbocycles. The third-order valence-electron chi connectivity index (χ3n) is 5.01. The van der Waals surface area contributed by atoms with Crippen molar-refractivity contribution < 1.29 is 4.74 Å². The fourth-order valence-corrected chi connectivity index (χ4v) is 3.70. The van der Waals surface area contributed by atoms with Crippen molar-refractivity contribution in [3.05, 3.63) is 71.9 Å². The van der Waals surface area contributed by atoms with E-state index >= 15 is 0 Å². The lowest BCUT2D eigenvalue weighted by Gasteiger charge is -2.13. The fourth-order valence-electron chi connectivity index (χ4n) is 3.44. The van der Waals surface area contributed by atoms with Crippen LogP contribution in [0.5, 0.6) is 5.75 Å². The van der Waals surface area contributed by atoms with Crippen molar-refractivity contribution in [2.24, 2.45) is 0 Å². The molecule has 29 heavy (non-hydrogen) atoms. The van der Waals surface area contributed by atoms with Crippen LogP contribution in [-0.4, -0.2) is 36.6 Å². The number of likely N-dealkylation sites (N-methyl/N-ethyl adjacent to an activating group) is 1. The Morgan fingerprint density at radius 1 is 1.03 bits per heavy atom. The summed E-state index contributed by atoms with van der Waals surface area (Å²) in [6.45, 7) is 6.62. The molecule has 0 aliphatic carbocycles. The van der Waals surface area contributed by atoms with Crippen LogP contribution >= 0.6 is 15.9 Å². The lowest BCUT2D eigenvalue weighted by Crippen LogP contribution is -2.19. The summed E-state index contributed by atoms with van der Waals surface area (Å²) in [5, 5.41) is 1.14. The summed E-state index contributed by atoms with van der Waals surface area (Å²) in [4.78, 5) is 6.84. The Morgan fingerprint density at radius 2 is 1.83 bits per heavy atom. The molecule has 0 radical (unpaired) electrons. The number of pyridine rings is 1. The minimum absolute atomic E-state index is 0.750. The second kappa shape index (κ2) is 11.1. The maximum Gasteiger partial charge on any atom is 0.121 e. The normalized spacial score (nSPS) is 11.1. The molecule has 3 rings (SSSR count). The van der Waals surface area contributed by atoms with Crippen LogP contribution in [0.3, 0.4) is 0 Å². The molecule has 1 heterocycles. The molecule has 0 fully saturated rings. The molecule has 1 aromatic heterocycles. The van der Waals surface area contributed by atoms with Crippen LogP contribution < -0.4 is 4.74 Å². The second-order valence-corrected chi connectivity index (χ2v) is 8.27. The smallest absolute Gasteiger partial charge is 0.121 e. The van der Waals surface area contributed by atoms with Crippen molar-refractivity contribution >= 4 is 26.8 Å². The van der Waals surface area contributed by atoms with Gasteiger partial charge in [0.1, 0.15) is 5.75 Å². The molecular weight excluding hydrogens is 424 g/mol. The molecule has 0 aliphatic rings. The van der Waals surface area contributed by atoms with Crippen LogP contribution in [0.4, 0.5) is 0 Å². The maximum atomic E-state index is 5.97. The topological polar surface area (TPSA) is 25.4 Å². The van der Waals surface area contributed by atoms with Gasteiger partial charge in [0.25, 0.3) is 0 Å². The van der Waals surface area contributed by atoms with Crippen LogP contribution in [0, 0.1) is 0 Å². The van der Waals surface area contributed by atoms with E-state index in [0.717, 1.165) is 47.2 Å². The number of benzene rings is 2. The number of nitrogens with zero attached hydrogens (tertiary/aromatic N) is 2. The first-order chi connectivity index (χ1) is 14.2. The Kier molecular flexibility index (Phi) is 8.26. The molecule has 0 spiro atoms. The molecule has 3 aromatic rings. The number of aromatic nitrogens is 1. The largest absolute Gasteiger partial charge is 0.494 e. The zero-order valence-corrected chi connectivity index (χ0v) is 18.7. The third-order valence-corrected chi connectivity index (χ3v) is 5.54. The average Bonchev–Trinajstić information content (AvgIpc) is 2.73. The number of halogens is 1. The van der Waals surface area contributed by atoms with Crippen LogP contribution in [0.15, 0.2) is 71.9 Å². The van der Waals surface area contributed by atoms with Crippen molar-refractivity contribution in [1.29, 1.82) is 0 Å².